The maximum atomic E-state index is 13.0. The number of anilines is 1. The topological polar surface area (TPSA) is 75.3 Å². The Morgan fingerprint density at radius 2 is 2.00 bits per heavy atom. The van der Waals surface area contributed by atoms with Crippen molar-refractivity contribution >= 4 is 21.6 Å². The maximum absolute atomic E-state index is 13.0. The molecule has 2 atom stereocenters. The quantitative estimate of drug-likeness (QED) is 0.809. The predicted octanol–water partition coefficient (Wildman–Crippen LogP) is 2.12. The molecule has 0 aliphatic rings. The van der Waals surface area contributed by atoms with Crippen LogP contribution in [0.2, 0.25) is 0 Å². The van der Waals surface area contributed by atoms with Crippen molar-refractivity contribution in [2.75, 3.05) is 10.5 Å². The van der Waals surface area contributed by atoms with Crippen LogP contribution in [0.15, 0.2) is 24.3 Å². The van der Waals surface area contributed by atoms with Crippen molar-refractivity contribution in [1.29, 1.82) is 0 Å². The average molecular weight is 316 g/mol. The van der Waals surface area contributed by atoms with Crippen molar-refractivity contribution in [3.63, 3.8) is 0 Å². The minimum atomic E-state index is -3.72. The molecular formula is C14H21FN2O3S. The molecule has 1 rings (SSSR count). The van der Waals surface area contributed by atoms with Crippen LogP contribution < -0.4 is 10.0 Å². The third-order valence-corrected chi connectivity index (χ3v) is 4.50. The Bertz CT molecular complexity index is 590. The molecule has 0 aromatic heterocycles. The Balaban J connectivity index is 2.65. The molecule has 0 radical (unpaired) electrons. The third-order valence-electron chi connectivity index (χ3n) is 3.02. The second-order valence-electron chi connectivity index (χ2n) is 5.11. The van der Waals surface area contributed by atoms with Gasteiger partial charge in [0.2, 0.25) is 15.9 Å². The predicted molar refractivity (Wildman–Crippen MR) is 80.9 cm³/mol. The SMILES string of the molecule is CCC(C)NC(=O)C(C)CS(=O)(=O)Nc1cccc(F)c1. The smallest absolute Gasteiger partial charge is 0.233 e. The summed E-state index contributed by atoms with van der Waals surface area (Å²) >= 11 is 0. The van der Waals surface area contributed by atoms with E-state index in [1.807, 2.05) is 13.8 Å². The van der Waals surface area contributed by atoms with E-state index in [0.29, 0.717) is 0 Å². The van der Waals surface area contributed by atoms with E-state index in [2.05, 4.69) is 10.0 Å². The molecule has 0 spiro atoms. The van der Waals surface area contributed by atoms with E-state index in [0.717, 1.165) is 12.5 Å². The molecule has 2 N–H and O–H groups in total. The summed E-state index contributed by atoms with van der Waals surface area (Å²) in [7, 11) is -3.72. The third kappa shape index (κ3) is 6.12. The van der Waals surface area contributed by atoms with Gasteiger partial charge in [-0.3, -0.25) is 9.52 Å². The summed E-state index contributed by atoms with van der Waals surface area (Å²) in [5.74, 6) is -1.89. The molecule has 7 heteroatoms. The van der Waals surface area contributed by atoms with Crippen LogP contribution in [0.25, 0.3) is 0 Å². The molecule has 0 saturated carbocycles. The second-order valence-corrected chi connectivity index (χ2v) is 6.88. The van der Waals surface area contributed by atoms with Crippen molar-refractivity contribution in [3.8, 4) is 0 Å². The Labute approximate surface area is 125 Å². The van der Waals surface area contributed by atoms with Crippen LogP contribution >= 0.6 is 0 Å². The van der Waals surface area contributed by atoms with Crippen LogP contribution in [0, 0.1) is 11.7 Å². The average Bonchev–Trinajstić information content (AvgIpc) is 2.37. The zero-order valence-corrected chi connectivity index (χ0v) is 13.2. The second kappa shape index (κ2) is 7.40. The fourth-order valence-corrected chi connectivity index (χ4v) is 3.04. The highest BCUT2D eigenvalue weighted by Crippen LogP contribution is 2.13. The lowest BCUT2D eigenvalue weighted by Crippen LogP contribution is -2.39. The van der Waals surface area contributed by atoms with Gasteiger partial charge in [-0.05, 0) is 31.5 Å². The first-order valence-corrected chi connectivity index (χ1v) is 8.45. The number of carbonyl (C=O) groups excluding carboxylic acids is 1. The van der Waals surface area contributed by atoms with Gasteiger partial charge in [-0.1, -0.05) is 19.9 Å². The lowest BCUT2D eigenvalue weighted by molar-refractivity contribution is -0.124. The Hall–Kier alpha value is -1.63. The number of hydrogen-bond donors (Lipinski definition) is 2. The van der Waals surface area contributed by atoms with Gasteiger partial charge in [-0.2, -0.15) is 0 Å². The lowest BCUT2D eigenvalue weighted by Gasteiger charge is -2.17. The van der Waals surface area contributed by atoms with Crippen molar-refractivity contribution in [1.82, 2.24) is 5.32 Å². The summed E-state index contributed by atoms with van der Waals surface area (Å²) in [4.78, 5) is 11.8. The molecule has 0 fully saturated rings. The number of rotatable bonds is 7. The van der Waals surface area contributed by atoms with E-state index in [4.69, 9.17) is 0 Å². The summed E-state index contributed by atoms with van der Waals surface area (Å²) in [6, 6.07) is 5.16. The summed E-state index contributed by atoms with van der Waals surface area (Å²) in [5.41, 5.74) is 0.143. The van der Waals surface area contributed by atoms with Gasteiger partial charge in [-0.25, -0.2) is 12.8 Å². The summed E-state index contributed by atoms with van der Waals surface area (Å²) in [6.45, 7) is 5.32. The van der Waals surface area contributed by atoms with Gasteiger partial charge in [0, 0.05) is 6.04 Å². The molecule has 0 bridgehead atoms. The van der Waals surface area contributed by atoms with E-state index in [1.165, 1.54) is 18.2 Å². The monoisotopic (exact) mass is 316 g/mol. The van der Waals surface area contributed by atoms with Gasteiger partial charge >= 0.3 is 0 Å². The van der Waals surface area contributed by atoms with Gasteiger partial charge in [0.15, 0.2) is 0 Å². The molecule has 0 aliphatic carbocycles. The number of carbonyl (C=O) groups is 1. The van der Waals surface area contributed by atoms with E-state index in [1.54, 1.807) is 6.92 Å². The Kier molecular flexibility index (Phi) is 6.14. The first-order chi connectivity index (χ1) is 9.73. The summed E-state index contributed by atoms with van der Waals surface area (Å²) < 4.78 is 39.2. The molecule has 1 aromatic carbocycles. The van der Waals surface area contributed by atoms with Crippen LogP contribution in [-0.2, 0) is 14.8 Å². The summed E-state index contributed by atoms with van der Waals surface area (Å²) in [6.07, 6.45) is 0.771. The molecule has 1 aromatic rings. The zero-order valence-electron chi connectivity index (χ0n) is 12.4. The van der Waals surface area contributed by atoms with Crippen LogP contribution in [0.5, 0.6) is 0 Å². The highest BCUT2D eigenvalue weighted by Gasteiger charge is 2.22. The Morgan fingerprint density at radius 1 is 1.33 bits per heavy atom. The van der Waals surface area contributed by atoms with Crippen molar-refractivity contribution < 1.29 is 17.6 Å². The number of nitrogens with one attached hydrogen (secondary N) is 2. The molecule has 5 nitrogen and oxygen atoms in total. The van der Waals surface area contributed by atoms with E-state index in [9.17, 15) is 17.6 Å². The van der Waals surface area contributed by atoms with Crippen LogP contribution in [0.1, 0.15) is 27.2 Å². The number of sulfonamides is 1. The molecule has 2 unspecified atom stereocenters. The molecule has 118 valence electrons. The first-order valence-electron chi connectivity index (χ1n) is 6.80. The standard InChI is InChI=1S/C14H21FN2O3S/c1-4-11(3)16-14(18)10(2)9-21(19,20)17-13-7-5-6-12(15)8-13/h5-8,10-11,17H,4,9H2,1-3H3,(H,16,18). The minimum Gasteiger partial charge on any atom is -0.353 e. The van der Waals surface area contributed by atoms with E-state index < -0.39 is 21.8 Å². The van der Waals surface area contributed by atoms with Gasteiger partial charge in [0.1, 0.15) is 5.82 Å². The van der Waals surface area contributed by atoms with Gasteiger partial charge in [0.25, 0.3) is 0 Å². The molecule has 0 saturated heterocycles. The molecule has 1 amide bonds. The largest absolute Gasteiger partial charge is 0.353 e. The highest BCUT2D eigenvalue weighted by atomic mass is 32.2. The van der Waals surface area contributed by atoms with Gasteiger partial charge in [-0.15, -0.1) is 0 Å². The maximum Gasteiger partial charge on any atom is 0.233 e. The normalized spacial score (nSPS) is 14.3. The lowest BCUT2D eigenvalue weighted by atomic mass is 10.2. The first kappa shape index (κ1) is 17.4. The van der Waals surface area contributed by atoms with Crippen molar-refractivity contribution in [2.45, 2.75) is 33.2 Å². The molecule has 21 heavy (non-hydrogen) atoms. The molecular weight excluding hydrogens is 295 g/mol. The summed E-state index contributed by atoms with van der Waals surface area (Å²) in [5, 5.41) is 2.73. The molecule has 0 heterocycles. The van der Waals surface area contributed by atoms with Crippen LogP contribution in [0.4, 0.5) is 10.1 Å². The van der Waals surface area contributed by atoms with Crippen molar-refractivity contribution in [2.24, 2.45) is 5.92 Å². The minimum absolute atomic E-state index is 0.00108. The number of benzene rings is 1. The fourth-order valence-electron chi connectivity index (χ4n) is 1.67. The van der Waals surface area contributed by atoms with Crippen molar-refractivity contribution in [3.05, 3.63) is 30.1 Å². The van der Waals surface area contributed by atoms with Crippen LogP contribution in [0.3, 0.4) is 0 Å². The van der Waals surface area contributed by atoms with E-state index >= 15 is 0 Å². The van der Waals surface area contributed by atoms with E-state index in [-0.39, 0.29) is 23.4 Å². The number of hydrogen-bond acceptors (Lipinski definition) is 3. The number of amides is 1. The van der Waals surface area contributed by atoms with Gasteiger partial charge in [0.05, 0.1) is 17.4 Å². The zero-order chi connectivity index (χ0) is 16.0. The Morgan fingerprint density at radius 3 is 2.57 bits per heavy atom. The fraction of sp³-hybridized carbons (Fsp3) is 0.500. The number of halogens is 1. The highest BCUT2D eigenvalue weighted by molar-refractivity contribution is 7.92. The van der Waals surface area contributed by atoms with Gasteiger partial charge < -0.3 is 5.32 Å². The van der Waals surface area contributed by atoms with Crippen LogP contribution in [-0.4, -0.2) is 26.1 Å². The molecule has 0 aliphatic heterocycles.